The summed E-state index contributed by atoms with van der Waals surface area (Å²) in [6.45, 7) is 3.26. The molecule has 0 saturated carbocycles. The van der Waals surface area contributed by atoms with Crippen molar-refractivity contribution in [2.45, 2.75) is 19.9 Å². The van der Waals surface area contributed by atoms with Crippen molar-refractivity contribution in [3.05, 3.63) is 114 Å². The number of imidazole rings is 1. The molecule has 158 valence electrons. The Morgan fingerprint density at radius 3 is 2.59 bits per heavy atom. The highest BCUT2D eigenvalue weighted by Gasteiger charge is 2.13. The fraction of sp³-hybridized carbons (Fsp3) is 0.143. The molecule has 1 heterocycles. The van der Waals surface area contributed by atoms with Crippen molar-refractivity contribution in [3.8, 4) is 0 Å². The molecule has 0 aliphatic carbocycles. The molecule has 0 radical (unpaired) electrons. The Labute approximate surface area is 187 Å². The third-order valence-electron chi connectivity index (χ3n) is 5.86. The first-order valence-corrected chi connectivity index (χ1v) is 10.9. The zero-order valence-corrected chi connectivity index (χ0v) is 18.1. The second kappa shape index (κ2) is 8.67. The molecule has 32 heavy (non-hydrogen) atoms. The van der Waals surface area contributed by atoms with Gasteiger partial charge in [-0.05, 0) is 47.5 Å². The zero-order valence-electron chi connectivity index (χ0n) is 18.1. The molecule has 0 unspecified atom stereocenters. The van der Waals surface area contributed by atoms with Gasteiger partial charge in [-0.25, -0.2) is 4.98 Å². The van der Waals surface area contributed by atoms with Crippen LogP contribution in [0.2, 0.25) is 0 Å². The number of rotatable bonds is 6. The number of para-hydroxylation sites is 2. The summed E-state index contributed by atoms with van der Waals surface area (Å²) in [4.78, 5) is 17.4. The molecule has 0 aliphatic heterocycles. The fourth-order valence-corrected chi connectivity index (χ4v) is 4.27. The van der Waals surface area contributed by atoms with E-state index in [0.29, 0.717) is 18.5 Å². The summed E-state index contributed by atoms with van der Waals surface area (Å²) in [5.41, 5.74) is 5.12. The number of hydrogen-bond donors (Lipinski definition) is 1. The average Bonchev–Trinajstić information content (AvgIpc) is 3.16. The molecular weight excluding hydrogens is 394 g/mol. The van der Waals surface area contributed by atoms with Gasteiger partial charge >= 0.3 is 0 Å². The van der Waals surface area contributed by atoms with Gasteiger partial charge in [0.1, 0.15) is 5.82 Å². The van der Waals surface area contributed by atoms with Crippen LogP contribution in [0.15, 0.2) is 91.0 Å². The van der Waals surface area contributed by atoms with Crippen LogP contribution in [0, 0.1) is 6.92 Å². The van der Waals surface area contributed by atoms with Crippen molar-refractivity contribution in [1.82, 2.24) is 14.9 Å². The molecular formula is C28H25N3O. The van der Waals surface area contributed by atoms with Gasteiger partial charge in [0.05, 0.1) is 11.0 Å². The summed E-state index contributed by atoms with van der Waals surface area (Å²) in [7, 11) is 0. The average molecular weight is 420 g/mol. The van der Waals surface area contributed by atoms with E-state index in [1.165, 1.54) is 16.3 Å². The summed E-state index contributed by atoms with van der Waals surface area (Å²) in [6.07, 6.45) is 0.664. The van der Waals surface area contributed by atoms with E-state index < -0.39 is 0 Å². The van der Waals surface area contributed by atoms with Gasteiger partial charge < -0.3 is 9.88 Å². The molecule has 0 spiro atoms. The molecule has 4 heteroatoms. The standard InChI is InChI=1S/C28H25N3O/c1-20-8-6-11-22(18-20)28(32)29-17-16-27-30-25-14-4-5-15-26(25)31(27)19-23-12-7-10-21-9-2-3-13-24(21)23/h2-15,18H,16-17,19H2,1H3,(H,29,32). The highest BCUT2D eigenvalue weighted by Crippen LogP contribution is 2.23. The van der Waals surface area contributed by atoms with Crippen LogP contribution in [0.25, 0.3) is 21.8 Å². The topological polar surface area (TPSA) is 46.9 Å². The summed E-state index contributed by atoms with van der Waals surface area (Å²) >= 11 is 0. The molecule has 4 aromatic carbocycles. The lowest BCUT2D eigenvalue weighted by atomic mass is 10.0. The largest absolute Gasteiger partial charge is 0.352 e. The van der Waals surface area contributed by atoms with Crippen molar-refractivity contribution in [2.24, 2.45) is 0 Å². The van der Waals surface area contributed by atoms with Crippen LogP contribution in [0.1, 0.15) is 27.3 Å². The van der Waals surface area contributed by atoms with Gasteiger partial charge in [-0.2, -0.15) is 0 Å². The number of amides is 1. The minimum atomic E-state index is -0.0505. The number of benzene rings is 4. The first-order valence-electron chi connectivity index (χ1n) is 10.9. The second-order valence-corrected chi connectivity index (χ2v) is 8.12. The maximum absolute atomic E-state index is 12.5. The van der Waals surface area contributed by atoms with E-state index >= 15 is 0 Å². The predicted molar refractivity (Wildman–Crippen MR) is 130 cm³/mol. The maximum Gasteiger partial charge on any atom is 0.251 e. The van der Waals surface area contributed by atoms with Gasteiger partial charge in [0.25, 0.3) is 5.91 Å². The summed E-state index contributed by atoms with van der Waals surface area (Å²) in [5.74, 6) is 0.925. The summed E-state index contributed by atoms with van der Waals surface area (Å²) in [5, 5.41) is 5.54. The Morgan fingerprint density at radius 1 is 0.906 bits per heavy atom. The second-order valence-electron chi connectivity index (χ2n) is 8.12. The smallest absolute Gasteiger partial charge is 0.251 e. The molecule has 0 fully saturated rings. The number of carbonyl (C=O) groups excluding carboxylic acids is 1. The minimum Gasteiger partial charge on any atom is -0.352 e. The third kappa shape index (κ3) is 4.00. The van der Waals surface area contributed by atoms with Gasteiger partial charge in [-0.1, -0.05) is 72.3 Å². The number of aromatic nitrogens is 2. The lowest BCUT2D eigenvalue weighted by Crippen LogP contribution is -2.26. The van der Waals surface area contributed by atoms with E-state index in [0.717, 1.165) is 29.0 Å². The predicted octanol–water partition coefficient (Wildman–Crippen LogP) is 5.52. The molecule has 1 amide bonds. The van der Waals surface area contributed by atoms with Crippen molar-refractivity contribution in [2.75, 3.05) is 6.54 Å². The third-order valence-corrected chi connectivity index (χ3v) is 5.86. The van der Waals surface area contributed by atoms with Crippen molar-refractivity contribution in [1.29, 1.82) is 0 Å². The Morgan fingerprint density at radius 2 is 1.69 bits per heavy atom. The van der Waals surface area contributed by atoms with E-state index in [4.69, 9.17) is 4.98 Å². The lowest BCUT2D eigenvalue weighted by Gasteiger charge is -2.12. The number of hydrogen-bond acceptors (Lipinski definition) is 2. The van der Waals surface area contributed by atoms with Gasteiger partial charge in [-0.15, -0.1) is 0 Å². The van der Waals surface area contributed by atoms with Crippen LogP contribution < -0.4 is 5.32 Å². The normalized spacial score (nSPS) is 11.2. The van der Waals surface area contributed by atoms with Crippen LogP contribution in [0.3, 0.4) is 0 Å². The summed E-state index contributed by atoms with van der Waals surface area (Å²) in [6, 6.07) is 30.8. The van der Waals surface area contributed by atoms with E-state index in [-0.39, 0.29) is 5.91 Å². The molecule has 0 aliphatic rings. The maximum atomic E-state index is 12.5. The molecule has 5 rings (SSSR count). The van der Waals surface area contributed by atoms with Crippen molar-refractivity contribution < 1.29 is 4.79 Å². The summed E-state index contributed by atoms with van der Waals surface area (Å²) < 4.78 is 2.27. The molecule has 5 aromatic rings. The Balaban J connectivity index is 1.41. The molecule has 1 aromatic heterocycles. The Kier molecular flexibility index (Phi) is 5.42. The van der Waals surface area contributed by atoms with Crippen LogP contribution in [-0.2, 0) is 13.0 Å². The molecule has 0 saturated heterocycles. The number of carbonyl (C=O) groups is 1. The lowest BCUT2D eigenvalue weighted by molar-refractivity contribution is 0.0954. The minimum absolute atomic E-state index is 0.0505. The highest BCUT2D eigenvalue weighted by atomic mass is 16.1. The molecule has 0 atom stereocenters. The van der Waals surface area contributed by atoms with E-state index in [9.17, 15) is 4.79 Å². The van der Waals surface area contributed by atoms with E-state index in [1.807, 2.05) is 49.4 Å². The van der Waals surface area contributed by atoms with Crippen LogP contribution in [-0.4, -0.2) is 22.0 Å². The molecule has 4 nitrogen and oxygen atoms in total. The number of fused-ring (bicyclic) bond motifs is 2. The zero-order chi connectivity index (χ0) is 21.9. The number of nitrogens with zero attached hydrogens (tertiary/aromatic N) is 2. The first kappa shape index (κ1) is 20.0. The van der Waals surface area contributed by atoms with Crippen molar-refractivity contribution in [3.63, 3.8) is 0 Å². The number of aryl methyl sites for hydroxylation is 1. The first-order chi connectivity index (χ1) is 15.7. The quantitative estimate of drug-likeness (QED) is 0.394. The van der Waals surface area contributed by atoms with Gasteiger partial charge in [0, 0.05) is 25.1 Å². The van der Waals surface area contributed by atoms with Gasteiger partial charge in [-0.3, -0.25) is 4.79 Å². The van der Waals surface area contributed by atoms with Gasteiger partial charge in [0.2, 0.25) is 0 Å². The highest BCUT2D eigenvalue weighted by molar-refractivity contribution is 5.94. The van der Waals surface area contributed by atoms with Crippen LogP contribution in [0.4, 0.5) is 0 Å². The van der Waals surface area contributed by atoms with E-state index in [1.54, 1.807) is 0 Å². The monoisotopic (exact) mass is 419 g/mol. The van der Waals surface area contributed by atoms with E-state index in [2.05, 4.69) is 58.4 Å². The Bertz CT molecular complexity index is 1410. The number of nitrogens with one attached hydrogen (secondary N) is 1. The SMILES string of the molecule is Cc1cccc(C(=O)NCCc2nc3ccccc3n2Cc2cccc3ccccc23)c1. The van der Waals surface area contributed by atoms with Crippen molar-refractivity contribution >= 4 is 27.7 Å². The van der Waals surface area contributed by atoms with Crippen LogP contribution in [0.5, 0.6) is 0 Å². The Hall–Kier alpha value is -3.92. The van der Waals surface area contributed by atoms with Crippen LogP contribution >= 0.6 is 0 Å². The fourth-order valence-electron chi connectivity index (χ4n) is 4.27. The molecule has 1 N–H and O–H groups in total. The van der Waals surface area contributed by atoms with Gasteiger partial charge in [0.15, 0.2) is 0 Å². The molecule has 0 bridgehead atoms.